The van der Waals surface area contributed by atoms with E-state index in [4.69, 9.17) is 5.11 Å². The summed E-state index contributed by atoms with van der Waals surface area (Å²) < 4.78 is 0. The number of amides is 2. The van der Waals surface area contributed by atoms with E-state index in [1.54, 1.807) is 24.3 Å². The van der Waals surface area contributed by atoms with Crippen molar-refractivity contribution in [3.8, 4) is 0 Å². The van der Waals surface area contributed by atoms with E-state index in [0.29, 0.717) is 11.7 Å². The molecule has 94 valence electrons. The van der Waals surface area contributed by atoms with E-state index < -0.39 is 5.97 Å². The number of benzene rings is 1. The number of urea groups is 1. The second-order valence-electron chi connectivity index (χ2n) is 4.17. The second-order valence-corrected chi connectivity index (χ2v) is 4.17. The third-order valence-electron chi connectivity index (χ3n) is 2.48. The number of carbonyl (C=O) groups is 2. The summed E-state index contributed by atoms with van der Waals surface area (Å²) in [6.07, 6.45) is 4.61. The third-order valence-corrected chi connectivity index (χ3v) is 2.48. The number of rotatable bonds is 4. The first-order chi connectivity index (χ1) is 8.63. The maximum absolute atomic E-state index is 11.5. The van der Waals surface area contributed by atoms with Crippen molar-refractivity contribution in [2.75, 3.05) is 5.32 Å². The predicted octanol–water partition coefficient (Wildman–Crippen LogP) is 2.07. The van der Waals surface area contributed by atoms with Gasteiger partial charge in [-0.3, -0.25) is 0 Å². The van der Waals surface area contributed by atoms with Gasteiger partial charge in [-0.25, -0.2) is 9.59 Å². The summed E-state index contributed by atoms with van der Waals surface area (Å²) in [5.74, 6) is -1.00. The molecule has 1 fully saturated rings. The molecule has 3 N–H and O–H groups in total. The maximum Gasteiger partial charge on any atom is 0.328 e. The Morgan fingerprint density at radius 2 is 2.11 bits per heavy atom. The number of carboxylic acid groups (broad SMARTS) is 1. The molecule has 2 rings (SSSR count). The van der Waals surface area contributed by atoms with Crippen molar-refractivity contribution in [3.05, 3.63) is 35.9 Å². The van der Waals surface area contributed by atoms with E-state index in [1.165, 1.54) is 6.08 Å². The smallest absolute Gasteiger partial charge is 0.328 e. The molecule has 0 aromatic heterocycles. The quantitative estimate of drug-likeness (QED) is 0.711. The molecular formula is C13H14N2O3. The van der Waals surface area contributed by atoms with E-state index >= 15 is 0 Å². The first kappa shape index (κ1) is 12.2. The number of carboxylic acids is 1. The van der Waals surface area contributed by atoms with Crippen LogP contribution in [0.5, 0.6) is 0 Å². The molecular weight excluding hydrogens is 232 g/mol. The highest BCUT2D eigenvalue weighted by molar-refractivity contribution is 5.90. The lowest BCUT2D eigenvalue weighted by Crippen LogP contribution is -2.30. The molecule has 0 spiro atoms. The first-order valence-electron chi connectivity index (χ1n) is 5.72. The molecule has 1 saturated carbocycles. The molecule has 5 nitrogen and oxygen atoms in total. The van der Waals surface area contributed by atoms with E-state index in [-0.39, 0.29) is 6.03 Å². The Bertz CT molecular complexity index is 493. The van der Waals surface area contributed by atoms with Crippen molar-refractivity contribution in [3.63, 3.8) is 0 Å². The van der Waals surface area contributed by atoms with Crippen LogP contribution in [-0.4, -0.2) is 23.1 Å². The second kappa shape index (κ2) is 5.35. The van der Waals surface area contributed by atoms with Gasteiger partial charge in [0, 0.05) is 17.8 Å². The van der Waals surface area contributed by atoms with Gasteiger partial charge >= 0.3 is 12.0 Å². The average Bonchev–Trinajstić information content (AvgIpc) is 3.10. The van der Waals surface area contributed by atoms with Crippen LogP contribution >= 0.6 is 0 Å². The van der Waals surface area contributed by atoms with Gasteiger partial charge in [0.1, 0.15) is 0 Å². The lowest BCUT2D eigenvalue weighted by molar-refractivity contribution is -0.131. The van der Waals surface area contributed by atoms with Gasteiger partial charge in [0.15, 0.2) is 0 Å². The van der Waals surface area contributed by atoms with Crippen LogP contribution in [0, 0.1) is 0 Å². The van der Waals surface area contributed by atoms with E-state index in [9.17, 15) is 9.59 Å². The SMILES string of the molecule is O=C(O)/C=C/c1cccc(NC(=O)NC2CC2)c1. The molecule has 1 aromatic rings. The lowest BCUT2D eigenvalue weighted by Gasteiger charge is -2.06. The third kappa shape index (κ3) is 3.93. The van der Waals surface area contributed by atoms with Gasteiger partial charge in [0.2, 0.25) is 0 Å². The molecule has 0 heterocycles. The zero-order valence-corrected chi connectivity index (χ0v) is 9.72. The summed E-state index contributed by atoms with van der Waals surface area (Å²) in [7, 11) is 0. The molecule has 0 radical (unpaired) electrons. The fourth-order valence-electron chi connectivity index (χ4n) is 1.47. The van der Waals surface area contributed by atoms with Crippen LogP contribution in [0.15, 0.2) is 30.3 Å². The van der Waals surface area contributed by atoms with Crippen molar-refractivity contribution >= 4 is 23.8 Å². The molecule has 18 heavy (non-hydrogen) atoms. The van der Waals surface area contributed by atoms with Gasteiger partial charge in [-0.15, -0.1) is 0 Å². The minimum Gasteiger partial charge on any atom is -0.478 e. The normalized spacial score (nSPS) is 14.4. The van der Waals surface area contributed by atoms with Crippen LogP contribution in [0.2, 0.25) is 0 Å². The fraction of sp³-hybridized carbons (Fsp3) is 0.231. The summed E-state index contributed by atoms with van der Waals surface area (Å²) in [4.78, 5) is 21.9. The molecule has 1 aromatic carbocycles. The van der Waals surface area contributed by atoms with Gasteiger partial charge < -0.3 is 15.7 Å². The van der Waals surface area contributed by atoms with Gasteiger partial charge in [0.05, 0.1) is 0 Å². The Kier molecular flexibility index (Phi) is 3.62. The summed E-state index contributed by atoms with van der Waals surface area (Å²) >= 11 is 0. The van der Waals surface area contributed by atoms with Crippen LogP contribution in [-0.2, 0) is 4.79 Å². The monoisotopic (exact) mass is 246 g/mol. The molecule has 1 aliphatic rings. The van der Waals surface area contributed by atoms with Crippen molar-refractivity contribution in [2.45, 2.75) is 18.9 Å². The zero-order chi connectivity index (χ0) is 13.0. The molecule has 1 aliphatic carbocycles. The number of hydrogen-bond acceptors (Lipinski definition) is 2. The summed E-state index contributed by atoms with van der Waals surface area (Å²) in [6, 6.07) is 7.07. The number of aliphatic carboxylic acids is 1. The largest absolute Gasteiger partial charge is 0.478 e. The Morgan fingerprint density at radius 3 is 2.78 bits per heavy atom. The molecule has 0 aliphatic heterocycles. The van der Waals surface area contributed by atoms with Gasteiger partial charge in [-0.05, 0) is 36.6 Å². The summed E-state index contributed by atoms with van der Waals surface area (Å²) in [6.45, 7) is 0. The van der Waals surface area contributed by atoms with Crippen LogP contribution in [0.25, 0.3) is 6.08 Å². The molecule has 0 unspecified atom stereocenters. The van der Waals surface area contributed by atoms with Crippen molar-refractivity contribution in [1.82, 2.24) is 5.32 Å². The van der Waals surface area contributed by atoms with Crippen molar-refractivity contribution in [2.24, 2.45) is 0 Å². The Morgan fingerprint density at radius 1 is 1.33 bits per heavy atom. The highest BCUT2D eigenvalue weighted by Crippen LogP contribution is 2.19. The van der Waals surface area contributed by atoms with E-state index in [0.717, 1.165) is 24.5 Å². The number of anilines is 1. The average molecular weight is 246 g/mol. The number of hydrogen-bond donors (Lipinski definition) is 3. The first-order valence-corrected chi connectivity index (χ1v) is 5.72. The van der Waals surface area contributed by atoms with Crippen LogP contribution < -0.4 is 10.6 Å². The molecule has 2 amide bonds. The Balaban J connectivity index is 1.97. The van der Waals surface area contributed by atoms with E-state index in [1.807, 2.05) is 0 Å². The van der Waals surface area contributed by atoms with Crippen LogP contribution in [0.4, 0.5) is 10.5 Å². The van der Waals surface area contributed by atoms with Gasteiger partial charge in [-0.2, -0.15) is 0 Å². The highest BCUT2D eigenvalue weighted by atomic mass is 16.4. The summed E-state index contributed by atoms with van der Waals surface area (Å²) in [5, 5.41) is 14.0. The van der Waals surface area contributed by atoms with Gasteiger partial charge in [-0.1, -0.05) is 12.1 Å². The Labute approximate surface area is 105 Å². The fourth-order valence-corrected chi connectivity index (χ4v) is 1.47. The van der Waals surface area contributed by atoms with Crippen LogP contribution in [0.1, 0.15) is 18.4 Å². The van der Waals surface area contributed by atoms with Gasteiger partial charge in [0.25, 0.3) is 0 Å². The maximum atomic E-state index is 11.5. The standard InChI is InChI=1S/C13H14N2O3/c16-12(17)7-4-9-2-1-3-11(8-9)15-13(18)14-10-5-6-10/h1-4,7-8,10H,5-6H2,(H,16,17)(H2,14,15,18)/b7-4+. The van der Waals surface area contributed by atoms with Crippen molar-refractivity contribution < 1.29 is 14.7 Å². The zero-order valence-electron chi connectivity index (χ0n) is 9.72. The molecule has 0 saturated heterocycles. The summed E-state index contributed by atoms with van der Waals surface area (Å²) in [5.41, 5.74) is 1.36. The van der Waals surface area contributed by atoms with E-state index in [2.05, 4.69) is 10.6 Å². The minimum absolute atomic E-state index is 0.225. The molecule has 5 heteroatoms. The Hall–Kier alpha value is -2.30. The molecule has 0 atom stereocenters. The minimum atomic E-state index is -1.00. The number of nitrogens with one attached hydrogen (secondary N) is 2. The number of carbonyl (C=O) groups excluding carboxylic acids is 1. The molecule has 0 bridgehead atoms. The van der Waals surface area contributed by atoms with Crippen molar-refractivity contribution in [1.29, 1.82) is 0 Å². The lowest BCUT2D eigenvalue weighted by atomic mass is 10.2. The topological polar surface area (TPSA) is 78.4 Å². The highest BCUT2D eigenvalue weighted by Gasteiger charge is 2.23. The predicted molar refractivity (Wildman–Crippen MR) is 68.3 cm³/mol. The van der Waals surface area contributed by atoms with Crippen LogP contribution in [0.3, 0.4) is 0 Å².